The Kier molecular flexibility index (Phi) is 5.95. The van der Waals surface area contributed by atoms with E-state index in [1.54, 1.807) is 0 Å². The maximum atomic E-state index is 12.4. The Morgan fingerprint density at radius 2 is 2.24 bits per heavy atom. The van der Waals surface area contributed by atoms with Gasteiger partial charge in [-0.05, 0) is 30.7 Å². The van der Waals surface area contributed by atoms with Gasteiger partial charge in [-0.1, -0.05) is 18.2 Å². The van der Waals surface area contributed by atoms with Crippen LogP contribution in [0.1, 0.15) is 19.2 Å². The number of amides is 1. The molecule has 1 aromatic carbocycles. The van der Waals surface area contributed by atoms with Crippen molar-refractivity contribution in [2.75, 3.05) is 26.3 Å². The Hall–Kier alpha value is -2.48. The van der Waals surface area contributed by atoms with E-state index in [4.69, 9.17) is 9.47 Å². The van der Waals surface area contributed by atoms with E-state index in [2.05, 4.69) is 15.4 Å². The largest absolute Gasteiger partial charge is 0.485 e. The van der Waals surface area contributed by atoms with Crippen LogP contribution in [0.2, 0.25) is 0 Å². The van der Waals surface area contributed by atoms with Gasteiger partial charge in [-0.25, -0.2) is 0 Å². The van der Waals surface area contributed by atoms with Crippen LogP contribution >= 0.6 is 0 Å². The second-order valence-corrected chi connectivity index (χ2v) is 6.00. The molecule has 0 unspecified atom stereocenters. The fourth-order valence-corrected chi connectivity index (χ4v) is 2.73. The van der Waals surface area contributed by atoms with Gasteiger partial charge in [-0.15, -0.1) is 10.2 Å². The molecule has 0 N–H and O–H groups in total. The van der Waals surface area contributed by atoms with E-state index in [1.807, 2.05) is 42.2 Å². The van der Waals surface area contributed by atoms with Gasteiger partial charge in [0.2, 0.25) is 11.7 Å². The van der Waals surface area contributed by atoms with E-state index in [0.29, 0.717) is 24.8 Å². The summed E-state index contributed by atoms with van der Waals surface area (Å²) in [6.45, 7) is 5.16. The molecule has 1 aromatic heterocycles. The lowest BCUT2D eigenvalue weighted by atomic mass is 10.1. The van der Waals surface area contributed by atoms with E-state index in [9.17, 15) is 4.79 Å². The van der Waals surface area contributed by atoms with Crippen molar-refractivity contribution in [3.05, 3.63) is 36.2 Å². The Bertz CT molecular complexity index is 670. The molecule has 0 saturated carbocycles. The summed E-state index contributed by atoms with van der Waals surface area (Å²) >= 11 is 0. The van der Waals surface area contributed by atoms with Crippen LogP contribution in [0, 0.1) is 5.92 Å². The Morgan fingerprint density at radius 3 is 2.96 bits per heavy atom. The summed E-state index contributed by atoms with van der Waals surface area (Å²) in [7, 11) is 0. The first-order valence-electron chi connectivity index (χ1n) is 8.54. The van der Waals surface area contributed by atoms with Gasteiger partial charge in [0.25, 0.3) is 0 Å². The van der Waals surface area contributed by atoms with Crippen LogP contribution in [0.4, 0.5) is 0 Å². The highest BCUT2D eigenvalue weighted by Gasteiger charge is 2.22. The molecule has 0 bridgehead atoms. The van der Waals surface area contributed by atoms with Crippen molar-refractivity contribution in [1.29, 1.82) is 0 Å². The molecule has 3 rings (SSSR count). The quantitative estimate of drug-likeness (QED) is 0.713. The third-order valence-electron chi connectivity index (χ3n) is 4.12. The predicted molar refractivity (Wildman–Crippen MR) is 89.8 cm³/mol. The number of carbonyl (C=O) groups is 1. The minimum Gasteiger partial charge on any atom is -0.485 e. The van der Waals surface area contributed by atoms with Crippen molar-refractivity contribution in [2.45, 2.75) is 26.5 Å². The fraction of sp³-hybridized carbons (Fsp3) is 0.529. The zero-order valence-electron chi connectivity index (χ0n) is 14.4. The third kappa shape index (κ3) is 4.99. The molecule has 1 atom stereocenters. The molecule has 1 fully saturated rings. The number of rotatable bonds is 8. The highest BCUT2D eigenvalue weighted by Crippen LogP contribution is 2.14. The van der Waals surface area contributed by atoms with Crippen molar-refractivity contribution in [3.63, 3.8) is 0 Å². The average Bonchev–Trinajstić information content (AvgIpc) is 3.30. The van der Waals surface area contributed by atoms with E-state index >= 15 is 0 Å². The second-order valence-electron chi connectivity index (χ2n) is 6.00. The summed E-state index contributed by atoms with van der Waals surface area (Å²) in [6, 6.07) is 9.43. The monoisotopic (exact) mass is 345 g/mol. The molecule has 2 aromatic rings. The van der Waals surface area contributed by atoms with Crippen LogP contribution in [-0.4, -0.2) is 57.3 Å². The number of nitrogens with zero attached hydrogens (tertiary/aromatic N) is 5. The molecule has 0 aliphatic carbocycles. The molecule has 1 aliphatic heterocycles. The fourth-order valence-electron chi connectivity index (χ4n) is 2.73. The molecule has 8 heteroatoms. The zero-order chi connectivity index (χ0) is 17.5. The van der Waals surface area contributed by atoms with Gasteiger partial charge in [0.1, 0.15) is 12.3 Å². The minimum absolute atomic E-state index is 0.0117. The molecule has 0 radical (unpaired) electrons. The number of para-hydroxylation sites is 1. The van der Waals surface area contributed by atoms with Crippen LogP contribution in [0.25, 0.3) is 0 Å². The van der Waals surface area contributed by atoms with Crippen LogP contribution < -0.4 is 4.74 Å². The average molecular weight is 345 g/mol. The van der Waals surface area contributed by atoms with Gasteiger partial charge in [-0.2, -0.15) is 4.80 Å². The maximum absolute atomic E-state index is 12.4. The standard InChI is InChI=1S/C17H23N5O3/c1-2-21(10-14-8-9-24-12-14)17(23)11-22-19-16(18-20-22)13-25-15-6-4-3-5-7-15/h3-7,14H,2,8-13H2,1H3/t14-/m1/s1. The summed E-state index contributed by atoms with van der Waals surface area (Å²) in [5.74, 6) is 1.60. The van der Waals surface area contributed by atoms with E-state index in [0.717, 1.165) is 25.4 Å². The minimum atomic E-state index is -0.0117. The van der Waals surface area contributed by atoms with Crippen LogP contribution in [0.15, 0.2) is 30.3 Å². The highest BCUT2D eigenvalue weighted by atomic mass is 16.5. The number of ether oxygens (including phenoxy) is 2. The summed E-state index contributed by atoms with van der Waals surface area (Å²) in [6.07, 6.45) is 1.01. The topological polar surface area (TPSA) is 82.4 Å². The normalized spacial score (nSPS) is 16.8. The number of aromatic nitrogens is 4. The number of hydrogen-bond donors (Lipinski definition) is 0. The van der Waals surface area contributed by atoms with Gasteiger partial charge in [0.15, 0.2) is 6.61 Å². The molecule has 134 valence electrons. The lowest BCUT2D eigenvalue weighted by Gasteiger charge is -2.23. The Balaban J connectivity index is 1.50. The summed E-state index contributed by atoms with van der Waals surface area (Å²) < 4.78 is 11.0. The second kappa shape index (κ2) is 8.57. The number of benzene rings is 1. The van der Waals surface area contributed by atoms with Crippen LogP contribution in [0.3, 0.4) is 0 Å². The van der Waals surface area contributed by atoms with Gasteiger partial charge in [0, 0.05) is 25.6 Å². The third-order valence-corrected chi connectivity index (χ3v) is 4.12. The molecule has 8 nitrogen and oxygen atoms in total. The summed E-state index contributed by atoms with van der Waals surface area (Å²) in [5.41, 5.74) is 0. The van der Waals surface area contributed by atoms with Crippen molar-refractivity contribution >= 4 is 5.91 Å². The number of hydrogen-bond acceptors (Lipinski definition) is 6. The number of carbonyl (C=O) groups excluding carboxylic acids is 1. The van der Waals surface area contributed by atoms with Gasteiger partial charge < -0.3 is 14.4 Å². The molecule has 25 heavy (non-hydrogen) atoms. The molecule has 2 heterocycles. The lowest BCUT2D eigenvalue weighted by molar-refractivity contribution is -0.132. The number of tetrazole rings is 1. The highest BCUT2D eigenvalue weighted by molar-refractivity contribution is 5.75. The van der Waals surface area contributed by atoms with Crippen LogP contribution in [-0.2, 0) is 22.7 Å². The number of likely N-dealkylation sites (N-methyl/N-ethyl adjacent to an activating group) is 1. The zero-order valence-corrected chi connectivity index (χ0v) is 14.4. The Labute approximate surface area is 146 Å². The van der Waals surface area contributed by atoms with Gasteiger partial charge in [-0.3, -0.25) is 4.79 Å². The molecular formula is C17H23N5O3. The molecule has 1 amide bonds. The van der Waals surface area contributed by atoms with Gasteiger partial charge >= 0.3 is 0 Å². The summed E-state index contributed by atoms with van der Waals surface area (Å²) in [5, 5.41) is 12.1. The first-order chi connectivity index (χ1) is 12.2. The maximum Gasteiger partial charge on any atom is 0.246 e. The Morgan fingerprint density at radius 1 is 1.40 bits per heavy atom. The van der Waals surface area contributed by atoms with E-state index in [1.165, 1.54) is 4.80 Å². The van der Waals surface area contributed by atoms with Crippen LogP contribution in [0.5, 0.6) is 5.75 Å². The van der Waals surface area contributed by atoms with Crippen molar-refractivity contribution < 1.29 is 14.3 Å². The summed E-state index contributed by atoms with van der Waals surface area (Å²) in [4.78, 5) is 15.6. The molecule has 0 spiro atoms. The molecule has 1 aliphatic rings. The van der Waals surface area contributed by atoms with Gasteiger partial charge in [0.05, 0.1) is 6.61 Å². The SMILES string of the molecule is CCN(C[C@H]1CCOC1)C(=O)Cn1nnc(COc2ccccc2)n1. The van der Waals surface area contributed by atoms with E-state index in [-0.39, 0.29) is 19.1 Å². The van der Waals surface area contributed by atoms with Crippen molar-refractivity contribution in [1.82, 2.24) is 25.1 Å². The van der Waals surface area contributed by atoms with Crippen molar-refractivity contribution in [2.24, 2.45) is 5.92 Å². The molecule has 1 saturated heterocycles. The molecular weight excluding hydrogens is 322 g/mol. The smallest absolute Gasteiger partial charge is 0.246 e. The van der Waals surface area contributed by atoms with Crippen molar-refractivity contribution in [3.8, 4) is 5.75 Å². The first kappa shape index (κ1) is 17.3. The first-order valence-corrected chi connectivity index (χ1v) is 8.54. The van der Waals surface area contributed by atoms with E-state index < -0.39 is 0 Å². The lowest BCUT2D eigenvalue weighted by Crippen LogP contribution is -2.38. The predicted octanol–water partition coefficient (Wildman–Crippen LogP) is 1.14.